The van der Waals surface area contributed by atoms with Gasteiger partial charge in [-0.05, 0) is 36.6 Å². The predicted octanol–water partition coefficient (Wildman–Crippen LogP) is 4.34. The number of rotatable bonds is 4. The SMILES string of the molecule is CC[S@](=O)c1cc(C2(C#N)CC2)ccc1-c1nc2cc(C(F)(F)F)cnc2n1C. The van der Waals surface area contributed by atoms with Crippen molar-refractivity contribution in [2.45, 2.75) is 36.3 Å². The molecular weight excluding hydrogens is 401 g/mol. The highest BCUT2D eigenvalue weighted by Crippen LogP contribution is 2.48. The van der Waals surface area contributed by atoms with Crippen LogP contribution in [0, 0.1) is 11.3 Å². The lowest BCUT2D eigenvalue weighted by molar-refractivity contribution is -0.137. The number of nitrogens with zero attached hydrogens (tertiary/aromatic N) is 4. The van der Waals surface area contributed by atoms with E-state index in [-0.39, 0.29) is 5.52 Å². The first-order chi connectivity index (χ1) is 13.7. The predicted molar refractivity (Wildman–Crippen MR) is 102 cm³/mol. The number of hydrogen-bond donors (Lipinski definition) is 0. The molecule has 2 aromatic heterocycles. The van der Waals surface area contributed by atoms with Crippen LogP contribution in [0.15, 0.2) is 35.4 Å². The molecule has 4 rings (SSSR count). The van der Waals surface area contributed by atoms with Gasteiger partial charge >= 0.3 is 6.18 Å². The minimum Gasteiger partial charge on any atom is -0.312 e. The standard InChI is InChI=1S/C20H17F3N4OS/c1-3-29(28)16-9-12(19(11-24)6-7-19)4-5-14(16)17-26-15-8-13(20(21,22)23)10-25-18(15)27(17)2/h4-5,8-10H,3,6-7H2,1-2H3/t29-/m0/s1. The molecule has 1 aromatic carbocycles. The number of nitriles is 1. The van der Waals surface area contributed by atoms with E-state index in [1.807, 2.05) is 6.07 Å². The van der Waals surface area contributed by atoms with Gasteiger partial charge in [-0.3, -0.25) is 4.21 Å². The maximum absolute atomic E-state index is 13.0. The molecule has 29 heavy (non-hydrogen) atoms. The summed E-state index contributed by atoms with van der Waals surface area (Å²) >= 11 is 0. The fourth-order valence-electron chi connectivity index (χ4n) is 3.41. The van der Waals surface area contributed by atoms with Crippen molar-refractivity contribution in [2.24, 2.45) is 7.05 Å². The summed E-state index contributed by atoms with van der Waals surface area (Å²) in [5.41, 5.74) is 0.410. The molecule has 0 amide bonds. The maximum Gasteiger partial charge on any atom is 0.417 e. The normalized spacial score (nSPS) is 16.6. The van der Waals surface area contributed by atoms with Gasteiger partial charge in [0.05, 0.1) is 32.7 Å². The number of pyridine rings is 1. The molecule has 1 aliphatic carbocycles. The number of fused-ring (bicyclic) bond motifs is 1. The minimum absolute atomic E-state index is 0.116. The van der Waals surface area contributed by atoms with E-state index in [0.717, 1.165) is 30.7 Å². The quantitative estimate of drug-likeness (QED) is 0.632. The van der Waals surface area contributed by atoms with Gasteiger partial charge in [0, 0.05) is 24.6 Å². The van der Waals surface area contributed by atoms with Crippen LogP contribution in [0.25, 0.3) is 22.6 Å². The molecule has 0 N–H and O–H groups in total. The van der Waals surface area contributed by atoms with E-state index in [1.165, 1.54) is 0 Å². The molecule has 0 unspecified atom stereocenters. The Morgan fingerprint density at radius 1 is 1.31 bits per heavy atom. The minimum atomic E-state index is -4.51. The Labute approximate surface area is 167 Å². The van der Waals surface area contributed by atoms with E-state index in [1.54, 1.807) is 30.7 Å². The summed E-state index contributed by atoms with van der Waals surface area (Å²) in [4.78, 5) is 8.82. The maximum atomic E-state index is 13.0. The Morgan fingerprint density at radius 3 is 2.62 bits per heavy atom. The van der Waals surface area contributed by atoms with Crippen LogP contribution in [0.1, 0.15) is 30.9 Å². The van der Waals surface area contributed by atoms with E-state index in [2.05, 4.69) is 16.0 Å². The van der Waals surface area contributed by atoms with Crippen LogP contribution in [-0.4, -0.2) is 24.5 Å². The molecule has 0 saturated heterocycles. The van der Waals surface area contributed by atoms with Gasteiger partial charge < -0.3 is 4.57 Å². The van der Waals surface area contributed by atoms with Crippen LogP contribution in [0.4, 0.5) is 13.2 Å². The van der Waals surface area contributed by atoms with Crippen molar-refractivity contribution in [1.29, 1.82) is 5.26 Å². The molecule has 1 aliphatic rings. The summed E-state index contributed by atoms with van der Waals surface area (Å²) in [6.45, 7) is 1.79. The first kappa shape index (κ1) is 19.6. The van der Waals surface area contributed by atoms with Gasteiger partial charge in [0.25, 0.3) is 0 Å². The third-order valence-corrected chi connectivity index (χ3v) is 6.64. The van der Waals surface area contributed by atoms with E-state index >= 15 is 0 Å². The highest BCUT2D eigenvalue weighted by molar-refractivity contribution is 7.85. The Bertz CT molecular complexity index is 1190. The molecule has 5 nitrogen and oxygen atoms in total. The monoisotopic (exact) mass is 418 g/mol. The Hall–Kier alpha value is -2.73. The van der Waals surface area contributed by atoms with E-state index in [9.17, 15) is 22.6 Å². The van der Waals surface area contributed by atoms with Gasteiger partial charge in [-0.2, -0.15) is 18.4 Å². The van der Waals surface area contributed by atoms with Crippen LogP contribution in [0.2, 0.25) is 0 Å². The van der Waals surface area contributed by atoms with Gasteiger partial charge in [0.1, 0.15) is 11.3 Å². The van der Waals surface area contributed by atoms with Gasteiger partial charge in [-0.1, -0.05) is 13.0 Å². The second kappa shape index (κ2) is 6.66. The van der Waals surface area contributed by atoms with Crippen LogP contribution in [0.3, 0.4) is 0 Å². The van der Waals surface area contributed by atoms with E-state index < -0.39 is 28.0 Å². The first-order valence-corrected chi connectivity index (χ1v) is 10.4. The van der Waals surface area contributed by atoms with Crippen molar-refractivity contribution in [1.82, 2.24) is 14.5 Å². The molecule has 9 heteroatoms. The summed E-state index contributed by atoms with van der Waals surface area (Å²) < 4.78 is 53.4. The number of benzene rings is 1. The van der Waals surface area contributed by atoms with E-state index in [4.69, 9.17) is 0 Å². The number of alkyl halides is 3. The molecular formula is C20H17F3N4OS. The van der Waals surface area contributed by atoms with Crippen molar-refractivity contribution in [3.8, 4) is 17.5 Å². The number of hydrogen-bond acceptors (Lipinski definition) is 4. The van der Waals surface area contributed by atoms with Gasteiger partial charge in [-0.25, -0.2) is 9.97 Å². The molecule has 1 saturated carbocycles. The van der Waals surface area contributed by atoms with Crippen molar-refractivity contribution < 1.29 is 17.4 Å². The topological polar surface area (TPSA) is 71.6 Å². The van der Waals surface area contributed by atoms with Crippen molar-refractivity contribution in [3.63, 3.8) is 0 Å². The zero-order chi connectivity index (χ0) is 21.0. The average molecular weight is 418 g/mol. The van der Waals surface area contributed by atoms with Crippen molar-refractivity contribution in [3.05, 3.63) is 41.6 Å². The van der Waals surface area contributed by atoms with Crippen LogP contribution < -0.4 is 0 Å². The zero-order valence-electron chi connectivity index (χ0n) is 15.7. The smallest absolute Gasteiger partial charge is 0.312 e. The Kier molecular flexibility index (Phi) is 4.50. The van der Waals surface area contributed by atoms with Crippen molar-refractivity contribution in [2.75, 3.05) is 5.75 Å². The number of imidazole rings is 1. The second-order valence-electron chi connectivity index (χ2n) is 7.10. The lowest BCUT2D eigenvalue weighted by atomic mass is 9.96. The largest absolute Gasteiger partial charge is 0.417 e. The molecule has 0 bridgehead atoms. The van der Waals surface area contributed by atoms with Gasteiger partial charge in [0.15, 0.2) is 5.65 Å². The Morgan fingerprint density at radius 2 is 2.03 bits per heavy atom. The fourth-order valence-corrected chi connectivity index (χ4v) is 4.38. The highest BCUT2D eigenvalue weighted by atomic mass is 32.2. The molecule has 1 atom stereocenters. The van der Waals surface area contributed by atoms with Crippen LogP contribution in [0.5, 0.6) is 0 Å². The summed E-state index contributed by atoms with van der Waals surface area (Å²) in [5, 5.41) is 9.47. The third-order valence-electron chi connectivity index (χ3n) is 5.28. The van der Waals surface area contributed by atoms with Crippen molar-refractivity contribution >= 4 is 22.0 Å². The molecule has 2 heterocycles. The lowest BCUT2D eigenvalue weighted by Gasteiger charge is -2.13. The summed E-state index contributed by atoms with van der Waals surface area (Å²) in [6, 6.07) is 8.64. The third kappa shape index (κ3) is 3.21. The highest BCUT2D eigenvalue weighted by Gasteiger charge is 2.45. The molecule has 1 fully saturated rings. The average Bonchev–Trinajstić information content (AvgIpc) is 3.44. The number of aryl methyl sites for hydroxylation is 1. The summed E-state index contributed by atoms with van der Waals surface area (Å²) in [7, 11) is 0.329. The van der Waals surface area contributed by atoms with Gasteiger partial charge in [-0.15, -0.1) is 0 Å². The second-order valence-corrected chi connectivity index (χ2v) is 8.81. The number of halogens is 3. The fraction of sp³-hybridized carbons (Fsp3) is 0.350. The summed E-state index contributed by atoms with van der Waals surface area (Å²) in [5.74, 6) is 0.758. The molecule has 0 spiro atoms. The molecule has 3 aromatic rings. The summed E-state index contributed by atoms with van der Waals surface area (Å²) in [6.07, 6.45) is -2.20. The van der Waals surface area contributed by atoms with Crippen LogP contribution in [-0.2, 0) is 29.4 Å². The van der Waals surface area contributed by atoms with Gasteiger partial charge in [0.2, 0.25) is 0 Å². The first-order valence-electron chi connectivity index (χ1n) is 9.04. The lowest BCUT2D eigenvalue weighted by Crippen LogP contribution is -2.07. The molecule has 0 aliphatic heterocycles. The van der Waals surface area contributed by atoms with E-state index in [0.29, 0.717) is 27.7 Å². The molecule has 150 valence electrons. The van der Waals surface area contributed by atoms with Crippen LogP contribution >= 0.6 is 0 Å². The Balaban J connectivity index is 1.90. The molecule has 0 radical (unpaired) electrons. The number of aromatic nitrogens is 3. The zero-order valence-corrected chi connectivity index (χ0v) is 16.6.